The average molecular weight is 487 g/mol. The number of rotatable bonds is 6. The quantitative estimate of drug-likeness (QED) is 0.372. The summed E-state index contributed by atoms with van der Waals surface area (Å²) < 4.78 is 22.5. The lowest BCUT2D eigenvalue weighted by molar-refractivity contribution is -0.144. The number of fused-ring (bicyclic) bond motifs is 3. The van der Waals surface area contributed by atoms with E-state index in [0.717, 1.165) is 42.4 Å². The molecule has 2 N–H and O–H groups in total. The van der Waals surface area contributed by atoms with Crippen molar-refractivity contribution in [3.8, 4) is 0 Å². The van der Waals surface area contributed by atoms with Gasteiger partial charge in [0.15, 0.2) is 0 Å². The third-order valence-corrected chi connectivity index (χ3v) is 8.98. The maximum absolute atomic E-state index is 14.6. The second-order valence-corrected chi connectivity index (χ2v) is 10.9. The Bertz CT molecular complexity index is 1500. The zero-order valence-corrected chi connectivity index (χ0v) is 19.7. The number of hydrogen-bond acceptors (Lipinski definition) is 3. The lowest BCUT2D eigenvalue weighted by Gasteiger charge is -2.39. The van der Waals surface area contributed by atoms with Gasteiger partial charge in [-0.05, 0) is 80.2 Å². The number of hydrogen-bond donors (Lipinski definition) is 2. The van der Waals surface area contributed by atoms with Crippen LogP contribution in [0.4, 0.5) is 4.39 Å². The van der Waals surface area contributed by atoms with E-state index in [4.69, 9.17) is 4.42 Å². The smallest absolute Gasteiger partial charge is 0.306 e. The van der Waals surface area contributed by atoms with Crippen LogP contribution in [-0.4, -0.2) is 27.1 Å². The molecular weight excluding hydrogens is 459 g/mol. The SMILES string of the molecule is O=C(NC1(C2C[C@H](C(=O)O)C3CCC32)CC1)c1cc(F)cc2ccn(Cc3cc4ccccc4o3)c12. The fraction of sp³-hybridized carbons (Fsp3) is 0.379. The van der Waals surface area contributed by atoms with Crippen molar-refractivity contribution in [1.29, 1.82) is 0 Å². The van der Waals surface area contributed by atoms with Gasteiger partial charge >= 0.3 is 5.97 Å². The fourth-order valence-corrected chi connectivity index (χ4v) is 7.01. The van der Waals surface area contributed by atoms with Crippen LogP contribution in [0.5, 0.6) is 0 Å². The highest BCUT2D eigenvalue weighted by Crippen LogP contribution is 2.62. The van der Waals surface area contributed by atoms with Crippen molar-refractivity contribution >= 4 is 33.7 Å². The van der Waals surface area contributed by atoms with Crippen LogP contribution in [-0.2, 0) is 11.3 Å². The predicted octanol–water partition coefficient (Wildman–Crippen LogP) is 5.58. The van der Waals surface area contributed by atoms with Gasteiger partial charge in [0.05, 0.1) is 23.5 Å². The van der Waals surface area contributed by atoms with Gasteiger partial charge in [-0.1, -0.05) is 18.2 Å². The normalized spacial score (nSPS) is 26.0. The maximum Gasteiger partial charge on any atom is 0.306 e. The molecule has 4 atom stereocenters. The van der Waals surface area contributed by atoms with Gasteiger partial charge in [0.1, 0.15) is 17.2 Å². The first kappa shape index (κ1) is 21.7. The molecule has 3 saturated carbocycles. The Morgan fingerprint density at radius 3 is 2.58 bits per heavy atom. The van der Waals surface area contributed by atoms with E-state index in [0.29, 0.717) is 35.3 Å². The van der Waals surface area contributed by atoms with E-state index in [1.54, 1.807) is 0 Å². The molecule has 1 amide bonds. The molecule has 0 saturated heterocycles. The van der Waals surface area contributed by atoms with Crippen LogP contribution in [0, 0.1) is 29.5 Å². The van der Waals surface area contributed by atoms with E-state index >= 15 is 0 Å². The highest BCUT2D eigenvalue weighted by Gasteiger charge is 2.62. The number of halogens is 1. The molecule has 7 heteroatoms. The number of benzene rings is 2. The predicted molar refractivity (Wildman–Crippen MR) is 132 cm³/mol. The summed E-state index contributed by atoms with van der Waals surface area (Å²) in [5.41, 5.74) is 1.39. The monoisotopic (exact) mass is 486 g/mol. The zero-order chi connectivity index (χ0) is 24.6. The molecule has 2 heterocycles. The van der Waals surface area contributed by atoms with Gasteiger partial charge in [-0.25, -0.2) is 4.39 Å². The minimum absolute atomic E-state index is 0.174. The van der Waals surface area contributed by atoms with Crippen LogP contribution < -0.4 is 5.32 Å². The van der Waals surface area contributed by atoms with Gasteiger partial charge in [-0.15, -0.1) is 0 Å². The Labute approximate surface area is 207 Å². The first-order chi connectivity index (χ1) is 17.4. The maximum atomic E-state index is 14.6. The van der Waals surface area contributed by atoms with Crippen molar-refractivity contribution in [1.82, 2.24) is 9.88 Å². The molecule has 3 unspecified atom stereocenters. The average Bonchev–Trinajstić information content (AvgIpc) is 3.17. The van der Waals surface area contributed by atoms with Crippen LogP contribution in [0.2, 0.25) is 0 Å². The van der Waals surface area contributed by atoms with E-state index in [2.05, 4.69) is 5.32 Å². The molecule has 0 bridgehead atoms. The lowest BCUT2D eigenvalue weighted by Crippen LogP contribution is -2.46. The Morgan fingerprint density at radius 1 is 1.08 bits per heavy atom. The molecule has 6 nitrogen and oxygen atoms in total. The van der Waals surface area contributed by atoms with Crippen LogP contribution >= 0.6 is 0 Å². The van der Waals surface area contributed by atoms with Gasteiger partial charge in [0, 0.05) is 22.5 Å². The molecule has 4 aromatic rings. The number of carbonyl (C=O) groups excluding carboxylic acids is 1. The first-order valence-electron chi connectivity index (χ1n) is 12.7. The third kappa shape index (κ3) is 3.29. The van der Waals surface area contributed by atoms with Crippen LogP contribution in [0.15, 0.2) is 59.1 Å². The topological polar surface area (TPSA) is 84.5 Å². The van der Waals surface area contributed by atoms with Crippen molar-refractivity contribution in [2.75, 3.05) is 0 Å². The first-order valence-corrected chi connectivity index (χ1v) is 12.7. The van der Waals surface area contributed by atoms with E-state index in [9.17, 15) is 19.1 Å². The molecule has 0 radical (unpaired) electrons. The number of aromatic nitrogens is 1. The Balaban J connectivity index is 1.20. The minimum atomic E-state index is -0.718. The fourth-order valence-electron chi connectivity index (χ4n) is 7.01. The van der Waals surface area contributed by atoms with Crippen molar-refractivity contribution in [3.63, 3.8) is 0 Å². The number of aliphatic carboxylic acids is 1. The largest absolute Gasteiger partial charge is 0.481 e. The summed E-state index contributed by atoms with van der Waals surface area (Å²) in [7, 11) is 0. The van der Waals surface area contributed by atoms with E-state index in [1.165, 1.54) is 12.1 Å². The molecule has 0 spiro atoms. The van der Waals surface area contributed by atoms with Crippen LogP contribution in [0.3, 0.4) is 0 Å². The Hall–Kier alpha value is -3.61. The van der Waals surface area contributed by atoms with Crippen molar-refractivity contribution in [3.05, 3.63) is 71.9 Å². The number of amides is 1. The summed E-state index contributed by atoms with van der Waals surface area (Å²) in [5, 5.41) is 14.6. The highest BCUT2D eigenvalue weighted by molar-refractivity contribution is 6.06. The summed E-state index contributed by atoms with van der Waals surface area (Å²) in [6.07, 6.45) is 6.15. The molecule has 184 valence electrons. The molecule has 3 aliphatic rings. The molecule has 2 aromatic carbocycles. The number of furan rings is 1. The number of nitrogens with zero attached hydrogens (tertiary/aromatic N) is 1. The summed E-state index contributed by atoms with van der Waals surface area (Å²) in [5.74, 6) is -0.268. The number of carbonyl (C=O) groups is 2. The van der Waals surface area contributed by atoms with E-state index in [-0.39, 0.29) is 29.2 Å². The number of carboxylic acid groups (broad SMARTS) is 1. The van der Waals surface area contributed by atoms with Crippen molar-refractivity contribution < 1.29 is 23.5 Å². The highest BCUT2D eigenvalue weighted by atomic mass is 19.1. The Kier molecular flexibility index (Phi) is 4.63. The molecule has 7 rings (SSSR count). The second-order valence-electron chi connectivity index (χ2n) is 10.9. The van der Waals surface area contributed by atoms with Gasteiger partial charge in [0.2, 0.25) is 0 Å². The molecule has 0 aliphatic heterocycles. The molecule has 3 aliphatic carbocycles. The summed E-state index contributed by atoms with van der Waals surface area (Å²) in [6.45, 7) is 0.419. The minimum Gasteiger partial charge on any atom is -0.481 e. The Morgan fingerprint density at radius 2 is 1.89 bits per heavy atom. The molecule has 2 aromatic heterocycles. The van der Waals surface area contributed by atoms with Gasteiger partial charge in [-0.2, -0.15) is 0 Å². The summed E-state index contributed by atoms with van der Waals surface area (Å²) >= 11 is 0. The van der Waals surface area contributed by atoms with Gasteiger partial charge in [0.25, 0.3) is 5.91 Å². The van der Waals surface area contributed by atoms with Crippen molar-refractivity contribution in [2.24, 2.45) is 23.7 Å². The number of para-hydroxylation sites is 1. The van der Waals surface area contributed by atoms with Gasteiger partial charge < -0.3 is 19.4 Å². The summed E-state index contributed by atoms with van der Waals surface area (Å²) in [4.78, 5) is 25.4. The van der Waals surface area contributed by atoms with Crippen LogP contribution in [0.25, 0.3) is 21.9 Å². The third-order valence-electron chi connectivity index (χ3n) is 8.98. The number of carboxylic acids is 1. The van der Waals surface area contributed by atoms with Crippen LogP contribution in [0.1, 0.15) is 48.2 Å². The molecule has 36 heavy (non-hydrogen) atoms. The lowest BCUT2D eigenvalue weighted by atomic mass is 9.68. The second kappa shape index (κ2) is 7.69. The zero-order valence-electron chi connectivity index (χ0n) is 19.7. The van der Waals surface area contributed by atoms with E-state index in [1.807, 2.05) is 47.2 Å². The molecular formula is C29H27FN2O4. The van der Waals surface area contributed by atoms with Gasteiger partial charge in [-0.3, -0.25) is 9.59 Å². The summed E-state index contributed by atoms with van der Waals surface area (Å²) in [6, 6.07) is 14.3. The van der Waals surface area contributed by atoms with E-state index < -0.39 is 11.8 Å². The molecule has 3 fully saturated rings. The van der Waals surface area contributed by atoms with Crippen molar-refractivity contribution in [2.45, 2.75) is 44.2 Å². The number of nitrogens with one attached hydrogen (secondary N) is 1. The standard InChI is InChI=1S/C29H27FN2O4/c30-18-11-17-7-10-32(15-19-12-16-3-1-2-4-25(16)36-19)26(17)23(13-18)27(33)31-29(8-9-29)24-14-22(28(34)35)20-5-6-21(20)24/h1-4,7,10-13,20-22,24H,5-6,8-9,14-15H2,(H,31,33)(H,34,35)/t20?,21?,22-,24?/m0/s1.